The Morgan fingerprint density at radius 3 is 3.00 bits per heavy atom. The summed E-state index contributed by atoms with van der Waals surface area (Å²) >= 11 is 0. The summed E-state index contributed by atoms with van der Waals surface area (Å²) in [5.41, 5.74) is 6.43. The van der Waals surface area contributed by atoms with Crippen LogP contribution in [0.3, 0.4) is 0 Å². The lowest BCUT2D eigenvalue weighted by Gasteiger charge is -2.35. The smallest absolute Gasteiger partial charge is 0.140 e. The van der Waals surface area contributed by atoms with Crippen molar-refractivity contribution in [2.45, 2.75) is 31.5 Å². The molecule has 82 valence electrons. The van der Waals surface area contributed by atoms with E-state index in [2.05, 4.69) is 11.4 Å². The highest BCUT2D eigenvalue weighted by Crippen LogP contribution is 2.30. The van der Waals surface area contributed by atoms with Crippen LogP contribution in [0.2, 0.25) is 0 Å². The van der Waals surface area contributed by atoms with E-state index in [0.29, 0.717) is 0 Å². The van der Waals surface area contributed by atoms with Crippen molar-refractivity contribution in [2.75, 3.05) is 11.9 Å². The number of nitrogens with one attached hydrogen (secondary N) is 1. The van der Waals surface area contributed by atoms with E-state index in [1.807, 2.05) is 18.2 Å². The van der Waals surface area contributed by atoms with Gasteiger partial charge in [0.2, 0.25) is 0 Å². The molecule has 1 aromatic rings. The molecule has 2 atom stereocenters. The van der Waals surface area contributed by atoms with Crippen molar-refractivity contribution < 1.29 is 4.39 Å². The van der Waals surface area contributed by atoms with Crippen LogP contribution in [0, 0.1) is 0 Å². The lowest BCUT2D eigenvalue weighted by atomic mass is 9.88. The van der Waals surface area contributed by atoms with Crippen molar-refractivity contribution in [3.05, 3.63) is 29.8 Å². The van der Waals surface area contributed by atoms with Crippen molar-refractivity contribution >= 4 is 5.69 Å². The van der Waals surface area contributed by atoms with Crippen LogP contribution in [0.25, 0.3) is 0 Å². The Hall–Kier alpha value is -1.09. The number of aryl methyl sites for hydroxylation is 1. The fourth-order valence-electron chi connectivity index (χ4n) is 2.03. The zero-order valence-electron chi connectivity index (χ0n) is 8.96. The van der Waals surface area contributed by atoms with Gasteiger partial charge in [-0.25, -0.2) is 4.39 Å². The number of nitrogens with two attached hydrogens (primary N) is 1. The summed E-state index contributed by atoms with van der Waals surface area (Å²) < 4.78 is 14.0. The normalized spacial score (nSPS) is 23.8. The second kappa shape index (κ2) is 3.81. The maximum absolute atomic E-state index is 14.0. The molecular formula is C12H17FN2. The first-order chi connectivity index (χ1) is 7.13. The minimum absolute atomic E-state index is 0.0623. The number of hydrogen-bond acceptors (Lipinski definition) is 2. The second-order valence-electron chi connectivity index (χ2n) is 4.37. The molecule has 2 rings (SSSR count). The van der Waals surface area contributed by atoms with Crippen LogP contribution in [0.5, 0.6) is 0 Å². The number of fused-ring (bicyclic) bond motifs is 1. The molecule has 1 aliphatic rings. The maximum atomic E-state index is 14.0. The third kappa shape index (κ3) is 1.97. The largest absolute Gasteiger partial charge is 0.379 e. The zero-order chi connectivity index (χ0) is 10.9. The van der Waals surface area contributed by atoms with Gasteiger partial charge < -0.3 is 11.1 Å². The summed E-state index contributed by atoms with van der Waals surface area (Å²) in [4.78, 5) is 0. The van der Waals surface area contributed by atoms with Crippen molar-refractivity contribution in [3.63, 3.8) is 0 Å². The van der Waals surface area contributed by atoms with Crippen molar-refractivity contribution in [3.8, 4) is 0 Å². The molecule has 3 N–H and O–H groups in total. The third-order valence-electron chi connectivity index (χ3n) is 3.18. The number of halogens is 1. The lowest BCUT2D eigenvalue weighted by molar-refractivity contribution is 0.161. The van der Waals surface area contributed by atoms with Crippen LogP contribution in [0.1, 0.15) is 18.9 Å². The van der Waals surface area contributed by atoms with E-state index in [9.17, 15) is 4.39 Å². The van der Waals surface area contributed by atoms with Gasteiger partial charge in [-0.05, 0) is 31.4 Å². The lowest BCUT2D eigenvalue weighted by Crippen LogP contribution is -2.48. The first-order valence-corrected chi connectivity index (χ1v) is 5.37. The molecule has 15 heavy (non-hydrogen) atoms. The van der Waals surface area contributed by atoms with Gasteiger partial charge >= 0.3 is 0 Å². The van der Waals surface area contributed by atoms with E-state index < -0.39 is 5.67 Å². The zero-order valence-corrected chi connectivity index (χ0v) is 8.96. The summed E-state index contributed by atoms with van der Waals surface area (Å²) in [6.45, 7) is 1.63. The number of benzene rings is 1. The predicted octanol–water partition coefficient (Wildman–Crippen LogP) is 2.10. The van der Waals surface area contributed by atoms with Gasteiger partial charge in [-0.3, -0.25) is 0 Å². The number of anilines is 1. The van der Waals surface area contributed by atoms with E-state index in [-0.39, 0.29) is 12.6 Å². The highest BCUT2D eigenvalue weighted by atomic mass is 19.1. The Morgan fingerprint density at radius 1 is 1.53 bits per heavy atom. The van der Waals surface area contributed by atoms with E-state index in [4.69, 9.17) is 5.73 Å². The average molecular weight is 208 g/mol. The van der Waals surface area contributed by atoms with Crippen LogP contribution in [0.15, 0.2) is 24.3 Å². The minimum atomic E-state index is -1.33. The summed E-state index contributed by atoms with van der Waals surface area (Å²) in [5, 5.41) is 3.23. The van der Waals surface area contributed by atoms with Crippen LogP contribution in [0.4, 0.5) is 10.1 Å². The van der Waals surface area contributed by atoms with E-state index in [1.54, 1.807) is 6.92 Å². The fraction of sp³-hybridized carbons (Fsp3) is 0.500. The topological polar surface area (TPSA) is 38.0 Å². The van der Waals surface area contributed by atoms with Gasteiger partial charge in [-0.2, -0.15) is 0 Å². The first-order valence-electron chi connectivity index (χ1n) is 5.37. The molecule has 1 aromatic carbocycles. The molecular weight excluding hydrogens is 191 g/mol. The number of hydrogen-bond donors (Lipinski definition) is 2. The number of rotatable bonds is 2. The molecule has 0 bridgehead atoms. The Bertz CT molecular complexity index is 349. The summed E-state index contributed by atoms with van der Waals surface area (Å²) in [6.07, 6.45) is 1.73. The Kier molecular flexibility index (Phi) is 2.65. The Balaban J connectivity index is 2.19. The molecule has 1 heterocycles. The molecule has 0 amide bonds. The average Bonchev–Trinajstić information content (AvgIpc) is 2.28. The number of para-hydroxylation sites is 1. The van der Waals surface area contributed by atoms with Crippen LogP contribution >= 0.6 is 0 Å². The van der Waals surface area contributed by atoms with E-state index in [0.717, 1.165) is 18.5 Å². The summed E-state index contributed by atoms with van der Waals surface area (Å²) in [5.74, 6) is 0. The van der Waals surface area contributed by atoms with Crippen molar-refractivity contribution in [1.29, 1.82) is 0 Å². The quantitative estimate of drug-likeness (QED) is 0.781. The van der Waals surface area contributed by atoms with Gasteiger partial charge in [0.05, 0.1) is 6.04 Å². The Labute approximate surface area is 89.7 Å². The molecule has 0 aromatic heterocycles. The molecule has 2 nitrogen and oxygen atoms in total. The molecule has 1 aliphatic heterocycles. The van der Waals surface area contributed by atoms with Gasteiger partial charge in [0, 0.05) is 12.2 Å². The minimum Gasteiger partial charge on any atom is -0.379 e. The maximum Gasteiger partial charge on any atom is 0.140 e. The monoisotopic (exact) mass is 208 g/mol. The number of alkyl halides is 1. The summed E-state index contributed by atoms with van der Waals surface area (Å²) in [6, 6.07) is 7.88. The van der Waals surface area contributed by atoms with Gasteiger partial charge in [0.15, 0.2) is 0 Å². The standard InChI is InChI=1S/C12H17FN2/c1-12(13,8-14)11-7-6-9-4-2-3-5-10(9)15-11/h2-5,11,15H,6-8,14H2,1H3. The van der Waals surface area contributed by atoms with Crippen LogP contribution < -0.4 is 11.1 Å². The third-order valence-corrected chi connectivity index (χ3v) is 3.18. The SMILES string of the molecule is CC(F)(CN)C1CCc2ccccc2N1. The van der Waals surface area contributed by atoms with Gasteiger partial charge in [0.25, 0.3) is 0 Å². The van der Waals surface area contributed by atoms with E-state index in [1.165, 1.54) is 5.56 Å². The molecule has 0 saturated heterocycles. The molecule has 0 spiro atoms. The second-order valence-corrected chi connectivity index (χ2v) is 4.37. The molecule has 0 saturated carbocycles. The fourth-order valence-corrected chi connectivity index (χ4v) is 2.03. The summed E-state index contributed by atoms with van der Waals surface area (Å²) in [7, 11) is 0. The molecule has 0 radical (unpaired) electrons. The molecule has 0 fully saturated rings. The highest BCUT2D eigenvalue weighted by molar-refractivity contribution is 5.54. The molecule has 0 aliphatic carbocycles. The highest BCUT2D eigenvalue weighted by Gasteiger charge is 2.34. The van der Waals surface area contributed by atoms with Crippen molar-refractivity contribution in [1.82, 2.24) is 0 Å². The van der Waals surface area contributed by atoms with Gasteiger partial charge in [-0.1, -0.05) is 18.2 Å². The van der Waals surface area contributed by atoms with Crippen LogP contribution in [-0.4, -0.2) is 18.3 Å². The predicted molar refractivity (Wildman–Crippen MR) is 60.7 cm³/mol. The Morgan fingerprint density at radius 2 is 2.27 bits per heavy atom. The molecule has 2 unspecified atom stereocenters. The van der Waals surface area contributed by atoms with Gasteiger partial charge in [0.1, 0.15) is 5.67 Å². The first kappa shape index (κ1) is 10.4. The van der Waals surface area contributed by atoms with E-state index >= 15 is 0 Å². The van der Waals surface area contributed by atoms with Gasteiger partial charge in [-0.15, -0.1) is 0 Å². The van der Waals surface area contributed by atoms with Crippen LogP contribution in [-0.2, 0) is 6.42 Å². The molecule has 3 heteroatoms. The van der Waals surface area contributed by atoms with Crippen molar-refractivity contribution in [2.24, 2.45) is 5.73 Å².